The van der Waals surface area contributed by atoms with Crippen molar-refractivity contribution in [2.75, 3.05) is 10.6 Å². The van der Waals surface area contributed by atoms with E-state index in [-0.39, 0.29) is 94.2 Å². The van der Waals surface area contributed by atoms with Crippen LogP contribution in [0.25, 0.3) is 44.0 Å². The molecule has 3 fully saturated rings. The minimum absolute atomic E-state index is 0. The van der Waals surface area contributed by atoms with Crippen LogP contribution in [0.1, 0.15) is 148 Å². The first-order valence-electron chi connectivity index (χ1n) is 24.1. The summed E-state index contributed by atoms with van der Waals surface area (Å²) in [6.07, 6.45) is 5.69. The summed E-state index contributed by atoms with van der Waals surface area (Å²) in [6.45, 7) is 19.7. The van der Waals surface area contributed by atoms with Gasteiger partial charge in [-0.3, -0.25) is 32.9 Å². The van der Waals surface area contributed by atoms with Gasteiger partial charge in [-0.1, -0.05) is 0 Å². The fraction of sp³-hybridized carbons (Fsp3) is 0.442. The highest BCUT2D eigenvalue weighted by Gasteiger charge is 2.34. The molecule has 1 atom stereocenters. The first-order valence-corrected chi connectivity index (χ1v) is 26.1. The Morgan fingerprint density at radius 1 is 0.630 bits per heavy atom. The smallest absolute Gasteiger partial charge is 0.263 e. The molecule has 0 spiro atoms. The van der Waals surface area contributed by atoms with Crippen LogP contribution in [0.5, 0.6) is 0 Å². The van der Waals surface area contributed by atoms with Crippen LogP contribution >= 0.6 is 43.5 Å². The number of nitrogens with two attached hydrogens (primary N) is 1. The first kappa shape index (κ1) is 53.7. The third kappa shape index (κ3) is 11.9. The van der Waals surface area contributed by atoms with Gasteiger partial charge in [0, 0.05) is 34.7 Å². The SMILES string of the molecule is CC(C)(C)N.CC(C)(C)Nc1nc2c(Br)c(F)ccc2c(=O)n1C1CC1.C[C@H]1NC(=O)c2cc(-c3c(F)ccc4c(=O)n(C5CC5)c(NC(C)(C)C)nc34)[nH]c21.O=c1c2ccc(F)c(Br)c2nc(Cl)n1C1CC1. The Kier molecular flexibility index (Phi) is 14.7. The molecule has 0 saturated heterocycles. The van der Waals surface area contributed by atoms with Crippen LogP contribution in [0.3, 0.4) is 0 Å². The van der Waals surface area contributed by atoms with E-state index in [9.17, 15) is 28.0 Å². The minimum atomic E-state index is -0.492. The molecule has 5 heterocycles. The number of carbonyl (C=O) groups is 1. The molecule has 11 rings (SSSR count). The van der Waals surface area contributed by atoms with Gasteiger partial charge in [-0.05, 0) is 194 Å². The second kappa shape index (κ2) is 19.9. The molecule has 0 unspecified atom stereocenters. The number of nitrogens with zero attached hydrogens (tertiary/aromatic N) is 6. The van der Waals surface area contributed by atoms with Crippen molar-refractivity contribution in [1.29, 1.82) is 0 Å². The van der Waals surface area contributed by atoms with Crippen molar-refractivity contribution in [2.24, 2.45) is 5.73 Å². The van der Waals surface area contributed by atoms with Gasteiger partial charge in [-0.15, -0.1) is 0 Å². The molecule has 3 aromatic carbocycles. The molecule has 4 aliphatic rings. The average molecular weight is 1150 g/mol. The zero-order valence-electron chi connectivity index (χ0n) is 42.3. The number of aromatic amines is 1. The molecule has 0 bridgehead atoms. The van der Waals surface area contributed by atoms with E-state index in [1.807, 2.05) is 69.2 Å². The standard InChI is InChI=1S/C22H24FN5O2.C15H17BrFN3O.C11H7BrClFN2O.C4H11N/c1-10-17-13(19(29)24-10)9-15(25-17)16-14(23)8-7-12-18(16)26-21(27-22(2,3)4)28(20(12)30)11-5-6-11;1-15(2,3)19-14-18-12-9(6-7-10(17)11(12)16)13(21)20(14)8-4-5-8;12-8-7(14)4-3-6-9(8)15-11(13)16(10(6)17)5-1-2-5;1-4(2,3)5/h7-11,25H,5-6H2,1-4H3,(H,24,29)(H,26,27);6-8H,4-5H2,1-3H3,(H,18,19);3-5H,1-2H2;5H2,1-3H3/t10-;;;/m1.../s1. The van der Waals surface area contributed by atoms with Gasteiger partial charge < -0.3 is 26.7 Å². The summed E-state index contributed by atoms with van der Waals surface area (Å²) in [4.78, 5) is 66.9. The molecule has 7 aromatic rings. The Labute approximate surface area is 441 Å². The molecule has 73 heavy (non-hydrogen) atoms. The van der Waals surface area contributed by atoms with Crippen molar-refractivity contribution in [3.8, 4) is 11.3 Å². The third-order valence-corrected chi connectivity index (χ3v) is 13.5. The van der Waals surface area contributed by atoms with E-state index in [0.29, 0.717) is 50.5 Å². The number of carbonyl (C=O) groups excluding carboxylic acids is 1. The summed E-state index contributed by atoms with van der Waals surface area (Å²) in [5.74, 6) is -0.605. The lowest BCUT2D eigenvalue weighted by molar-refractivity contribution is 0.0958. The molecule has 1 amide bonds. The number of H-pyrrole nitrogens is 1. The van der Waals surface area contributed by atoms with Crippen LogP contribution in [0.4, 0.5) is 25.1 Å². The molecule has 1 aliphatic heterocycles. The van der Waals surface area contributed by atoms with E-state index >= 15 is 4.39 Å². The number of fused-ring (bicyclic) bond motifs is 4. The lowest BCUT2D eigenvalue weighted by Gasteiger charge is -2.24. The van der Waals surface area contributed by atoms with E-state index in [0.717, 1.165) is 38.5 Å². The van der Waals surface area contributed by atoms with Crippen LogP contribution in [0.15, 0.2) is 65.8 Å². The lowest BCUT2D eigenvalue weighted by atomic mass is 10.1. The fourth-order valence-corrected chi connectivity index (χ4v) is 9.37. The molecule has 0 radical (unpaired) electrons. The zero-order chi connectivity index (χ0) is 53.4. The maximum atomic E-state index is 15.0. The minimum Gasteiger partial charge on any atom is -0.356 e. The Hall–Kier alpha value is -5.57. The summed E-state index contributed by atoms with van der Waals surface area (Å²) in [6, 6.07) is 10.2. The highest BCUT2D eigenvalue weighted by atomic mass is 79.9. The predicted molar refractivity (Wildman–Crippen MR) is 289 cm³/mol. The summed E-state index contributed by atoms with van der Waals surface area (Å²) >= 11 is 12.3. The van der Waals surface area contributed by atoms with Gasteiger partial charge in [0.15, 0.2) is 0 Å². The number of anilines is 2. The largest absolute Gasteiger partial charge is 0.356 e. The van der Waals surface area contributed by atoms with Gasteiger partial charge in [0.05, 0.1) is 70.2 Å². The molecule has 6 N–H and O–H groups in total. The van der Waals surface area contributed by atoms with Gasteiger partial charge in [-0.25, -0.2) is 28.1 Å². The van der Waals surface area contributed by atoms with Crippen molar-refractivity contribution < 1.29 is 18.0 Å². The Bertz CT molecular complexity index is 3520. The normalized spacial score (nSPS) is 16.5. The number of benzene rings is 3. The maximum absolute atomic E-state index is 15.0. The van der Waals surface area contributed by atoms with Crippen molar-refractivity contribution in [1.82, 2.24) is 39.0 Å². The van der Waals surface area contributed by atoms with Crippen molar-refractivity contribution in [3.05, 3.63) is 116 Å². The van der Waals surface area contributed by atoms with Crippen LogP contribution < -0.4 is 38.4 Å². The second-order valence-corrected chi connectivity index (χ2v) is 24.0. The van der Waals surface area contributed by atoms with Crippen LogP contribution in [-0.4, -0.2) is 56.2 Å². The first-order chi connectivity index (χ1) is 34.0. The zero-order valence-corrected chi connectivity index (χ0v) is 46.2. The van der Waals surface area contributed by atoms with E-state index in [4.69, 9.17) is 22.3 Å². The summed E-state index contributed by atoms with van der Waals surface area (Å²) in [5, 5.41) is 10.7. The van der Waals surface area contributed by atoms with Crippen LogP contribution in [0, 0.1) is 17.5 Å². The molecule has 3 aliphatic carbocycles. The monoisotopic (exact) mass is 1150 g/mol. The number of nitrogens with one attached hydrogen (secondary N) is 4. The quantitative estimate of drug-likeness (QED) is 0.0998. The lowest BCUT2D eigenvalue weighted by Crippen LogP contribution is -2.33. The number of aromatic nitrogens is 7. The van der Waals surface area contributed by atoms with Gasteiger partial charge in [-0.2, -0.15) is 0 Å². The molecular formula is C52H59Br2ClF3N11O4. The highest BCUT2D eigenvalue weighted by molar-refractivity contribution is 9.11. The second-order valence-electron chi connectivity index (χ2n) is 22.1. The Balaban J connectivity index is 0.000000145. The summed E-state index contributed by atoms with van der Waals surface area (Å²) < 4.78 is 47.4. The van der Waals surface area contributed by atoms with Gasteiger partial charge in [0.2, 0.25) is 17.2 Å². The number of halogens is 6. The number of amides is 1. The van der Waals surface area contributed by atoms with Gasteiger partial charge in [0.25, 0.3) is 22.6 Å². The molecular weight excluding hydrogens is 1090 g/mol. The molecule has 21 heteroatoms. The number of rotatable bonds is 6. The Morgan fingerprint density at radius 3 is 1.44 bits per heavy atom. The van der Waals surface area contributed by atoms with Crippen molar-refractivity contribution >= 4 is 94.0 Å². The van der Waals surface area contributed by atoms with E-state index in [1.165, 1.54) is 41.0 Å². The topological polar surface area (TPSA) is 200 Å². The van der Waals surface area contributed by atoms with Gasteiger partial charge >= 0.3 is 0 Å². The van der Waals surface area contributed by atoms with Crippen LogP contribution in [-0.2, 0) is 0 Å². The van der Waals surface area contributed by atoms with E-state index in [2.05, 4.69) is 62.8 Å². The predicted octanol–water partition coefficient (Wildman–Crippen LogP) is 11.8. The number of hydrogen-bond acceptors (Lipinski definition) is 10. The molecule has 4 aromatic heterocycles. The van der Waals surface area contributed by atoms with Crippen molar-refractivity contribution in [2.45, 2.75) is 149 Å². The fourth-order valence-electron chi connectivity index (χ4n) is 8.21. The molecule has 388 valence electrons. The summed E-state index contributed by atoms with van der Waals surface area (Å²) in [5.41, 5.74) is 7.09. The van der Waals surface area contributed by atoms with E-state index < -0.39 is 17.5 Å². The maximum Gasteiger partial charge on any atom is 0.263 e. The van der Waals surface area contributed by atoms with Crippen LogP contribution in [0.2, 0.25) is 5.28 Å². The average Bonchev–Trinajstić information content (AvgIpc) is 4.16. The Morgan fingerprint density at radius 2 is 1.01 bits per heavy atom. The van der Waals surface area contributed by atoms with Crippen molar-refractivity contribution in [3.63, 3.8) is 0 Å². The highest BCUT2D eigenvalue weighted by Crippen LogP contribution is 2.40. The van der Waals surface area contributed by atoms with E-state index in [1.54, 1.807) is 15.2 Å². The summed E-state index contributed by atoms with van der Waals surface area (Å²) in [7, 11) is 0. The van der Waals surface area contributed by atoms with Gasteiger partial charge in [0.1, 0.15) is 17.5 Å². The number of hydrogen-bond donors (Lipinski definition) is 5. The molecule has 3 saturated carbocycles. The third-order valence-electron chi connectivity index (χ3n) is 11.8. The molecule has 15 nitrogen and oxygen atoms in total.